The third-order valence-electron chi connectivity index (χ3n) is 2.49. The van der Waals surface area contributed by atoms with Crippen molar-refractivity contribution in [1.82, 2.24) is 0 Å². The average molecular weight is 261 g/mol. The van der Waals surface area contributed by atoms with Gasteiger partial charge in [0.25, 0.3) is 0 Å². The molecule has 1 aromatic rings. The molecule has 0 bridgehead atoms. The summed E-state index contributed by atoms with van der Waals surface area (Å²) in [5, 5.41) is 4.17. The average Bonchev–Trinajstić information content (AvgIpc) is 2.28. The van der Waals surface area contributed by atoms with Crippen LogP contribution in [-0.2, 0) is 5.41 Å². The second-order valence-corrected chi connectivity index (χ2v) is 5.34. The lowest BCUT2D eigenvalue weighted by Crippen LogP contribution is -2.18. The minimum atomic E-state index is 0.183. The van der Waals surface area contributed by atoms with Crippen LogP contribution in [0.1, 0.15) is 19.4 Å². The molecule has 0 atom stereocenters. The quantitative estimate of drug-likeness (QED) is 0.748. The van der Waals surface area contributed by atoms with E-state index in [1.165, 1.54) is 11.3 Å². The van der Waals surface area contributed by atoms with E-state index in [2.05, 4.69) is 35.1 Å². The molecule has 1 aliphatic rings. The molecule has 0 aromatic heterocycles. The Morgan fingerprint density at radius 1 is 1.46 bits per heavy atom. The van der Waals surface area contributed by atoms with Crippen molar-refractivity contribution >= 4 is 33.2 Å². The van der Waals surface area contributed by atoms with Crippen molar-refractivity contribution in [3.63, 3.8) is 0 Å². The normalized spacial score (nSPS) is 18.2. The van der Waals surface area contributed by atoms with Gasteiger partial charge in [-0.25, -0.2) is 0 Å². The minimum Gasteiger partial charge on any atom is -0.383 e. The zero-order valence-electron chi connectivity index (χ0n) is 7.62. The Balaban J connectivity index is 2.65. The molecule has 0 saturated carbocycles. The van der Waals surface area contributed by atoms with Gasteiger partial charge < -0.3 is 5.32 Å². The molecule has 0 spiro atoms. The van der Waals surface area contributed by atoms with Gasteiger partial charge >= 0.3 is 0 Å². The van der Waals surface area contributed by atoms with Crippen molar-refractivity contribution in [1.29, 1.82) is 0 Å². The summed E-state index contributed by atoms with van der Waals surface area (Å²) < 4.78 is 1.06. The second-order valence-electron chi connectivity index (χ2n) is 4.05. The smallest absolute Gasteiger partial charge is 0.0524 e. The maximum absolute atomic E-state index is 6.00. The summed E-state index contributed by atoms with van der Waals surface area (Å²) in [6.07, 6.45) is 0. The molecule has 1 aromatic carbocycles. The summed E-state index contributed by atoms with van der Waals surface area (Å²) in [5.41, 5.74) is 2.67. The molecule has 0 radical (unpaired) electrons. The van der Waals surface area contributed by atoms with Crippen molar-refractivity contribution in [3.8, 4) is 0 Å². The zero-order chi connectivity index (χ0) is 9.64. The number of fused-ring (bicyclic) bond motifs is 1. The molecule has 1 heterocycles. The lowest BCUT2D eigenvalue weighted by Gasteiger charge is -2.17. The van der Waals surface area contributed by atoms with Crippen LogP contribution in [0.25, 0.3) is 0 Å². The number of nitrogens with one attached hydrogen (secondary N) is 1. The lowest BCUT2D eigenvalue weighted by molar-refractivity contribution is 0.586. The van der Waals surface area contributed by atoms with E-state index >= 15 is 0 Å². The topological polar surface area (TPSA) is 12.0 Å². The summed E-state index contributed by atoms with van der Waals surface area (Å²) in [7, 11) is 0. The maximum atomic E-state index is 6.00. The van der Waals surface area contributed by atoms with Crippen LogP contribution in [0.3, 0.4) is 0 Å². The largest absolute Gasteiger partial charge is 0.383 e. The summed E-state index contributed by atoms with van der Waals surface area (Å²) >= 11 is 9.50. The Kier molecular flexibility index (Phi) is 2.08. The summed E-state index contributed by atoms with van der Waals surface area (Å²) in [5.74, 6) is 0. The molecule has 0 fully saturated rings. The number of anilines is 1. The van der Waals surface area contributed by atoms with Crippen LogP contribution in [0, 0.1) is 0 Å². The first kappa shape index (κ1) is 9.35. The van der Waals surface area contributed by atoms with E-state index in [0.717, 1.165) is 16.0 Å². The SMILES string of the molecule is CC1(C)CNc2c(Br)cc(Cl)cc21. The standard InChI is InChI=1S/C10H11BrClN/c1-10(2)5-13-9-7(10)3-6(12)4-8(9)11/h3-4,13H,5H2,1-2H3. The highest BCUT2D eigenvalue weighted by Gasteiger charge is 2.31. The van der Waals surface area contributed by atoms with E-state index in [0.29, 0.717) is 0 Å². The van der Waals surface area contributed by atoms with Gasteiger partial charge in [-0.15, -0.1) is 0 Å². The molecule has 0 aliphatic carbocycles. The number of halogens is 2. The maximum Gasteiger partial charge on any atom is 0.0524 e. The van der Waals surface area contributed by atoms with Gasteiger partial charge in [-0.3, -0.25) is 0 Å². The predicted octanol–water partition coefficient (Wildman–Crippen LogP) is 3.81. The van der Waals surface area contributed by atoms with Crippen molar-refractivity contribution in [2.75, 3.05) is 11.9 Å². The molecule has 1 nitrogen and oxygen atoms in total. The van der Waals surface area contributed by atoms with E-state index in [1.807, 2.05) is 12.1 Å². The van der Waals surface area contributed by atoms with Gasteiger partial charge in [0.05, 0.1) is 5.69 Å². The van der Waals surface area contributed by atoms with E-state index in [4.69, 9.17) is 11.6 Å². The molecular weight excluding hydrogens is 249 g/mol. The fourth-order valence-corrected chi connectivity index (χ4v) is 2.64. The third-order valence-corrected chi connectivity index (χ3v) is 3.33. The fourth-order valence-electron chi connectivity index (χ4n) is 1.69. The van der Waals surface area contributed by atoms with Crippen molar-refractivity contribution in [2.24, 2.45) is 0 Å². The van der Waals surface area contributed by atoms with E-state index in [-0.39, 0.29) is 5.41 Å². The van der Waals surface area contributed by atoms with Crippen molar-refractivity contribution in [2.45, 2.75) is 19.3 Å². The Morgan fingerprint density at radius 2 is 2.15 bits per heavy atom. The van der Waals surface area contributed by atoms with E-state index < -0.39 is 0 Å². The predicted molar refractivity (Wildman–Crippen MR) is 60.7 cm³/mol. The van der Waals surface area contributed by atoms with Crippen LogP contribution in [0.15, 0.2) is 16.6 Å². The van der Waals surface area contributed by atoms with Gasteiger partial charge in [0.1, 0.15) is 0 Å². The van der Waals surface area contributed by atoms with Crippen molar-refractivity contribution in [3.05, 3.63) is 27.2 Å². The van der Waals surface area contributed by atoms with Gasteiger partial charge in [0.15, 0.2) is 0 Å². The Labute approximate surface area is 91.6 Å². The molecule has 1 aliphatic heterocycles. The van der Waals surface area contributed by atoms with Crippen LogP contribution < -0.4 is 5.32 Å². The number of rotatable bonds is 0. The molecule has 13 heavy (non-hydrogen) atoms. The van der Waals surface area contributed by atoms with Crippen LogP contribution in [-0.4, -0.2) is 6.54 Å². The summed E-state index contributed by atoms with van der Waals surface area (Å²) in [4.78, 5) is 0. The molecule has 1 N–H and O–H groups in total. The highest BCUT2D eigenvalue weighted by atomic mass is 79.9. The van der Waals surface area contributed by atoms with Gasteiger partial charge in [-0.05, 0) is 33.6 Å². The number of benzene rings is 1. The first-order chi connectivity index (χ1) is 6.00. The molecule has 3 heteroatoms. The van der Waals surface area contributed by atoms with Gasteiger partial charge in [0.2, 0.25) is 0 Å². The first-order valence-corrected chi connectivity index (χ1v) is 5.41. The highest BCUT2D eigenvalue weighted by Crippen LogP contribution is 2.42. The molecule has 70 valence electrons. The molecular formula is C10H11BrClN. The van der Waals surface area contributed by atoms with Gasteiger partial charge in [-0.1, -0.05) is 25.4 Å². The number of hydrogen-bond donors (Lipinski definition) is 1. The summed E-state index contributed by atoms with van der Waals surface area (Å²) in [6, 6.07) is 3.97. The molecule has 0 saturated heterocycles. The number of hydrogen-bond acceptors (Lipinski definition) is 1. The van der Waals surface area contributed by atoms with Crippen LogP contribution in [0.5, 0.6) is 0 Å². The highest BCUT2D eigenvalue weighted by molar-refractivity contribution is 9.10. The van der Waals surface area contributed by atoms with Gasteiger partial charge in [0, 0.05) is 21.5 Å². The molecule has 2 rings (SSSR count). The third kappa shape index (κ3) is 1.46. The van der Waals surface area contributed by atoms with Crippen molar-refractivity contribution < 1.29 is 0 Å². The lowest BCUT2D eigenvalue weighted by atomic mass is 9.87. The monoisotopic (exact) mass is 259 g/mol. The Morgan fingerprint density at radius 3 is 2.85 bits per heavy atom. The fraction of sp³-hybridized carbons (Fsp3) is 0.400. The minimum absolute atomic E-state index is 0.183. The second kappa shape index (κ2) is 2.89. The molecule has 0 amide bonds. The molecule has 0 unspecified atom stereocenters. The Hall–Kier alpha value is -0.210. The van der Waals surface area contributed by atoms with E-state index in [1.54, 1.807) is 0 Å². The van der Waals surface area contributed by atoms with E-state index in [9.17, 15) is 0 Å². The van der Waals surface area contributed by atoms with Gasteiger partial charge in [-0.2, -0.15) is 0 Å². The Bertz CT molecular complexity index is 360. The summed E-state index contributed by atoms with van der Waals surface area (Å²) in [6.45, 7) is 5.41. The first-order valence-electron chi connectivity index (χ1n) is 4.24. The van der Waals surface area contributed by atoms with Crippen LogP contribution in [0.2, 0.25) is 5.02 Å². The van der Waals surface area contributed by atoms with Crippen LogP contribution >= 0.6 is 27.5 Å². The van der Waals surface area contributed by atoms with Crippen LogP contribution in [0.4, 0.5) is 5.69 Å². The zero-order valence-corrected chi connectivity index (χ0v) is 9.96.